The summed E-state index contributed by atoms with van der Waals surface area (Å²) in [4.78, 5) is 51.0. The van der Waals surface area contributed by atoms with Crippen LogP contribution in [0, 0.1) is 10.1 Å². The Bertz CT molecular complexity index is 1210. The number of nitro benzene ring substituents is 1. The van der Waals surface area contributed by atoms with Gasteiger partial charge in [-0.3, -0.25) is 19.7 Å². The van der Waals surface area contributed by atoms with E-state index in [4.69, 9.17) is 4.74 Å². The second-order valence-electron chi connectivity index (χ2n) is 9.42. The molecule has 0 bridgehead atoms. The highest BCUT2D eigenvalue weighted by Crippen LogP contribution is 2.59. The van der Waals surface area contributed by atoms with E-state index in [1.165, 1.54) is 12.1 Å². The van der Waals surface area contributed by atoms with Gasteiger partial charge in [-0.15, -0.1) is 0 Å². The Hall–Kier alpha value is -3.81. The Morgan fingerprint density at radius 2 is 1.82 bits per heavy atom. The molecular formula is C25H24N2O6. The van der Waals surface area contributed by atoms with E-state index < -0.39 is 33.9 Å². The molecule has 2 atom stereocenters. The number of rotatable bonds is 3. The van der Waals surface area contributed by atoms with Crippen molar-refractivity contribution in [3.05, 3.63) is 80.9 Å². The van der Waals surface area contributed by atoms with Gasteiger partial charge in [0.15, 0.2) is 0 Å². The largest absolute Gasteiger partial charge is 0.443 e. The Balaban J connectivity index is 1.91. The highest BCUT2D eigenvalue weighted by Gasteiger charge is 2.61. The maximum atomic E-state index is 14.1. The van der Waals surface area contributed by atoms with Gasteiger partial charge < -0.3 is 4.74 Å². The number of imide groups is 1. The van der Waals surface area contributed by atoms with Crippen LogP contribution in [0.15, 0.2) is 59.7 Å². The fourth-order valence-electron chi connectivity index (χ4n) is 4.96. The second-order valence-corrected chi connectivity index (χ2v) is 9.42. The zero-order valence-corrected chi connectivity index (χ0v) is 18.8. The predicted molar refractivity (Wildman–Crippen MR) is 121 cm³/mol. The molecule has 0 saturated carbocycles. The molecule has 2 aliphatic rings. The number of aldehydes is 1. The molecule has 0 unspecified atom stereocenters. The van der Waals surface area contributed by atoms with Crippen LogP contribution < -0.4 is 4.90 Å². The number of carbonyl (C=O) groups excluding carboxylic acids is 3. The molecular weight excluding hydrogens is 424 g/mol. The fraction of sp³-hybridized carbons (Fsp3) is 0.320. The molecule has 170 valence electrons. The molecule has 0 radical (unpaired) electrons. The van der Waals surface area contributed by atoms with Gasteiger partial charge in [-0.2, -0.15) is 0 Å². The number of para-hydroxylation sites is 1. The summed E-state index contributed by atoms with van der Waals surface area (Å²) in [6, 6.07) is 12.8. The Morgan fingerprint density at radius 3 is 2.39 bits per heavy atom. The van der Waals surface area contributed by atoms with Gasteiger partial charge in [0.2, 0.25) is 5.91 Å². The number of carbonyl (C=O) groups is 3. The third-order valence-electron chi connectivity index (χ3n) is 6.19. The highest BCUT2D eigenvalue weighted by molar-refractivity contribution is 6.22. The molecule has 8 heteroatoms. The number of nitro groups is 1. The number of benzene rings is 2. The molecule has 2 aromatic rings. The van der Waals surface area contributed by atoms with Crippen LogP contribution in [0.25, 0.3) is 0 Å². The summed E-state index contributed by atoms with van der Waals surface area (Å²) in [6.45, 7) is 6.96. The monoisotopic (exact) mass is 448 g/mol. The van der Waals surface area contributed by atoms with E-state index in [2.05, 4.69) is 0 Å². The molecule has 1 aliphatic carbocycles. The number of anilines is 1. The van der Waals surface area contributed by atoms with Crippen molar-refractivity contribution >= 4 is 29.7 Å². The molecule has 33 heavy (non-hydrogen) atoms. The molecule has 8 nitrogen and oxygen atoms in total. The Kier molecular flexibility index (Phi) is 5.19. The van der Waals surface area contributed by atoms with Crippen LogP contribution in [-0.4, -0.2) is 28.8 Å². The number of hydrogen-bond donors (Lipinski definition) is 0. The smallest absolute Gasteiger partial charge is 0.421 e. The molecule has 0 N–H and O–H groups in total. The molecule has 0 aromatic heterocycles. The number of non-ortho nitro benzene ring substituents is 1. The summed E-state index contributed by atoms with van der Waals surface area (Å²) in [5.74, 6) is -1.17. The van der Waals surface area contributed by atoms with E-state index in [1.807, 2.05) is 0 Å². The molecule has 0 fully saturated rings. The van der Waals surface area contributed by atoms with Crippen LogP contribution in [0.5, 0.6) is 0 Å². The van der Waals surface area contributed by atoms with Crippen LogP contribution in [0.3, 0.4) is 0 Å². The molecule has 0 saturated heterocycles. The van der Waals surface area contributed by atoms with Crippen molar-refractivity contribution in [2.24, 2.45) is 0 Å². The first kappa shape index (κ1) is 22.4. The van der Waals surface area contributed by atoms with Gasteiger partial charge in [0.1, 0.15) is 11.9 Å². The van der Waals surface area contributed by atoms with Crippen molar-refractivity contribution in [1.82, 2.24) is 0 Å². The van der Waals surface area contributed by atoms with Crippen molar-refractivity contribution in [2.45, 2.75) is 51.0 Å². The SMILES string of the molecule is CC1=C(C=O)[C@@H](c2ccc([N+](=O)[O-])cc2)[C@@]2(C1)C(=O)N(C(=O)OC(C)(C)C)c1ccccc12. The van der Waals surface area contributed by atoms with Gasteiger partial charge in [-0.25, -0.2) is 9.69 Å². The zero-order chi connectivity index (χ0) is 24.1. The first-order chi connectivity index (χ1) is 15.5. The van der Waals surface area contributed by atoms with Gasteiger partial charge in [0, 0.05) is 18.1 Å². The maximum absolute atomic E-state index is 14.1. The lowest BCUT2D eigenvalue weighted by Crippen LogP contribution is -2.47. The molecule has 2 amide bonds. The van der Waals surface area contributed by atoms with Gasteiger partial charge in [0.05, 0.1) is 16.0 Å². The summed E-state index contributed by atoms with van der Waals surface area (Å²) in [5, 5.41) is 11.1. The quantitative estimate of drug-likeness (QED) is 0.379. The third kappa shape index (κ3) is 3.42. The average Bonchev–Trinajstić information content (AvgIpc) is 3.18. The van der Waals surface area contributed by atoms with Crippen LogP contribution in [-0.2, 0) is 19.7 Å². The molecule has 1 heterocycles. The number of hydrogen-bond acceptors (Lipinski definition) is 6. The van der Waals surface area contributed by atoms with Crippen LogP contribution >= 0.6 is 0 Å². The van der Waals surface area contributed by atoms with E-state index >= 15 is 0 Å². The van der Waals surface area contributed by atoms with Gasteiger partial charge >= 0.3 is 6.09 Å². The lowest BCUT2D eigenvalue weighted by atomic mass is 9.68. The minimum Gasteiger partial charge on any atom is -0.443 e. The van der Waals surface area contributed by atoms with Crippen LogP contribution in [0.4, 0.5) is 16.2 Å². The van der Waals surface area contributed by atoms with Crippen molar-refractivity contribution in [1.29, 1.82) is 0 Å². The van der Waals surface area contributed by atoms with E-state index in [0.29, 0.717) is 22.4 Å². The number of fused-ring (bicyclic) bond motifs is 2. The summed E-state index contributed by atoms with van der Waals surface area (Å²) < 4.78 is 5.52. The van der Waals surface area contributed by atoms with Crippen LogP contribution in [0.1, 0.15) is 51.2 Å². The summed E-state index contributed by atoms with van der Waals surface area (Å²) in [6.07, 6.45) is 0.205. The first-order valence-corrected chi connectivity index (χ1v) is 10.6. The minimum atomic E-state index is -1.23. The number of ether oxygens (including phenoxy) is 1. The second kappa shape index (κ2) is 7.65. The van der Waals surface area contributed by atoms with Crippen molar-refractivity contribution in [3.8, 4) is 0 Å². The lowest BCUT2D eigenvalue weighted by molar-refractivity contribution is -0.384. The fourth-order valence-corrected chi connectivity index (χ4v) is 4.96. The zero-order valence-electron chi connectivity index (χ0n) is 18.8. The minimum absolute atomic E-state index is 0.0901. The Labute approximate surface area is 191 Å². The molecule has 2 aromatic carbocycles. The number of amides is 2. The first-order valence-electron chi connectivity index (χ1n) is 10.6. The Morgan fingerprint density at radius 1 is 1.18 bits per heavy atom. The van der Waals surface area contributed by atoms with Crippen molar-refractivity contribution in [2.75, 3.05) is 4.90 Å². The van der Waals surface area contributed by atoms with Gasteiger partial charge in [-0.05, 0) is 56.9 Å². The van der Waals surface area contributed by atoms with Gasteiger partial charge in [-0.1, -0.05) is 35.9 Å². The van der Waals surface area contributed by atoms with Crippen molar-refractivity contribution < 1.29 is 24.0 Å². The molecule has 4 rings (SSSR count). The summed E-state index contributed by atoms with van der Waals surface area (Å²) >= 11 is 0. The third-order valence-corrected chi connectivity index (χ3v) is 6.19. The predicted octanol–water partition coefficient (Wildman–Crippen LogP) is 4.82. The topological polar surface area (TPSA) is 107 Å². The number of nitrogens with zero attached hydrogens (tertiary/aromatic N) is 2. The maximum Gasteiger partial charge on any atom is 0.421 e. The van der Waals surface area contributed by atoms with E-state index in [-0.39, 0.29) is 12.1 Å². The highest BCUT2D eigenvalue weighted by atomic mass is 16.6. The average molecular weight is 448 g/mol. The number of allylic oxidation sites excluding steroid dienone is 2. The van der Waals surface area contributed by atoms with Crippen LogP contribution in [0.2, 0.25) is 0 Å². The van der Waals surface area contributed by atoms with E-state index in [0.717, 1.165) is 16.8 Å². The molecule has 1 aliphatic heterocycles. The normalized spacial score (nSPS) is 22.0. The summed E-state index contributed by atoms with van der Waals surface area (Å²) in [5.41, 5.74) is 0.688. The van der Waals surface area contributed by atoms with E-state index in [1.54, 1.807) is 64.1 Å². The standard InChI is InChI=1S/C25H24N2O6/c1-15-13-25(21(18(15)14-28)16-9-11-17(12-10-16)27(31)32)19-7-5-6-8-20(19)26(22(25)29)23(30)33-24(2,3)4/h5-12,14,21H,13H2,1-4H3/t21-,25+/m1/s1. The van der Waals surface area contributed by atoms with Crippen molar-refractivity contribution in [3.63, 3.8) is 0 Å². The summed E-state index contributed by atoms with van der Waals surface area (Å²) in [7, 11) is 0. The van der Waals surface area contributed by atoms with Gasteiger partial charge in [0.25, 0.3) is 5.69 Å². The van der Waals surface area contributed by atoms with E-state index in [9.17, 15) is 24.5 Å². The molecule has 1 spiro atoms. The lowest BCUT2D eigenvalue weighted by Gasteiger charge is -2.32.